The summed E-state index contributed by atoms with van der Waals surface area (Å²) in [6.07, 6.45) is 6.81. The van der Waals surface area contributed by atoms with E-state index >= 15 is 0 Å². The van der Waals surface area contributed by atoms with Crippen LogP contribution in [-0.2, 0) is 11.3 Å². The van der Waals surface area contributed by atoms with Crippen LogP contribution in [0.1, 0.15) is 87.2 Å². The van der Waals surface area contributed by atoms with E-state index in [-0.39, 0.29) is 28.7 Å². The molecule has 0 bridgehead atoms. The van der Waals surface area contributed by atoms with E-state index in [1.54, 1.807) is 31.2 Å². The van der Waals surface area contributed by atoms with Crippen LogP contribution in [-0.4, -0.2) is 22.2 Å². The highest BCUT2D eigenvalue weighted by atomic mass is 16.5. The van der Waals surface area contributed by atoms with E-state index in [0.717, 1.165) is 38.5 Å². The molecule has 0 aliphatic rings. The topological polar surface area (TPSA) is 117 Å². The number of aromatic hydroxyl groups is 1. The number of pyridine rings is 1. The minimum absolute atomic E-state index is 0.0596. The van der Waals surface area contributed by atoms with Gasteiger partial charge in [0.15, 0.2) is 5.69 Å². The lowest BCUT2D eigenvalue weighted by Crippen LogP contribution is -2.24. The Labute approximate surface area is 207 Å². The first-order chi connectivity index (χ1) is 16.9. The van der Waals surface area contributed by atoms with Crippen molar-refractivity contribution in [1.29, 1.82) is 5.26 Å². The van der Waals surface area contributed by atoms with E-state index < -0.39 is 5.56 Å². The number of hydrogen-bond donors (Lipinski definition) is 1. The number of esters is 1. The van der Waals surface area contributed by atoms with Gasteiger partial charge in [-0.1, -0.05) is 52.9 Å². The number of nitrogens with zero attached hydrogens (tertiary/aromatic N) is 4. The number of carbonyl (C=O) groups is 1. The van der Waals surface area contributed by atoms with Crippen LogP contribution in [0.2, 0.25) is 0 Å². The molecule has 0 saturated heterocycles. The summed E-state index contributed by atoms with van der Waals surface area (Å²) in [6, 6.07) is 8.40. The third-order valence-corrected chi connectivity index (χ3v) is 6.12. The summed E-state index contributed by atoms with van der Waals surface area (Å²) in [5.41, 5.74) is 0.649. The van der Waals surface area contributed by atoms with Crippen LogP contribution in [0.3, 0.4) is 0 Å². The van der Waals surface area contributed by atoms with Gasteiger partial charge in [0.25, 0.3) is 5.56 Å². The summed E-state index contributed by atoms with van der Waals surface area (Å²) in [6.45, 7) is 8.55. The van der Waals surface area contributed by atoms with Crippen LogP contribution in [0.25, 0.3) is 0 Å². The first-order valence-corrected chi connectivity index (χ1v) is 12.4. The van der Waals surface area contributed by atoms with Crippen molar-refractivity contribution in [2.75, 3.05) is 6.61 Å². The molecule has 0 amide bonds. The molecule has 188 valence electrons. The molecule has 2 aromatic rings. The standard InChI is InChI=1S/C27H36N4O4/c1-5-8-10-16-31-25(32)23(17-28)19(4)24(26(31)33)30-29-22-14-12-21(13-15-22)27(34)35-18-20(7-3)11-9-6-2/h12-15,20,33H,5-11,16,18H2,1-4H3/b30-29+. The van der Waals surface area contributed by atoms with E-state index in [0.29, 0.717) is 36.7 Å². The normalized spacial score (nSPS) is 12.0. The third kappa shape index (κ3) is 7.51. The van der Waals surface area contributed by atoms with Crippen molar-refractivity contribution < 1.29 is 14.6 Å². The summed E-state index contributed by atoms with van der Waals surface area (Å²) in [5, 5.41) is 28.4. The molecule has 0 saturated carbocycles. The molecule has 1 heterocycles. The molecule has 0 spiro atoms. The molecular weight excluding hydrogens is 444 g/mol. The molecule has 8 nitrogen and oxygen atoms in total. The fourth-order valence-corrected chi connectivity index (χ4v) is 3.73. The van der Waals surface area contributed by atoms with Gasteiger partial charge in [0.2, 0.25) is 5.88 Å². The maximum atomic E-state index is 12.6. The Morgan fingerprint density at radius 3 is 2.40 bits per heavy atom. The molecule has 1 unspecified atom stereocenters. The number of aromatic nitrogens is 1. The maximum Gasteiger partial charge on any atom is 0.338 e. The molecule has 0 aliphatic carbocycles. The van der Waals surface area contributed by atoms with Gasteiger partial charge >= 0.3 is 5.97 Å². The molecule has 1 aromatic carbocycles. The number of unbranched alkanes of at least 4 members (excludes halogenated alkanes) is 3. The minimum Gasteiger partial charge on any atom is -0.493 e. The summed E-state index contributed by atoms with van der Waals surface area (Å²) in [7, 11) is 0. The SMILES string of the molecule is CCCCCn1c(O)c(/N=N/c2ccc(C(=O)OCC(CC)CCCC)cc2)c(C)c(C#N)c1=O. The van der Waals surface area contributed by atoms with Gasteiger partial charge in [-0.15, -0.1) is 5.11 Å². The van der Waals surface area contributed by atoms with Crippen molar-refractivity contribution in [3.8, 4) is 11.9 Å². The highest BCUT2D eigenvalue weighted by Crippen LogP contribution is 2.32. The first kappa shape index (κ1) is 27.8. The fraction of sp³-hybridized carbons (Fsp3) is 0.519. The van der Waals surface area contributed by atoms with E-state index in [2.05, 4.69) is 24.1 Å². The van der Waals surface area contributed by atoms with Crippen LogP contribution in [0.15, 0.2) is 39.3 Å². The van der Waals surface area contributed by atoms with Gasteiger partial charge in [0.05, 0.1) is 17.9 Å². The van der Waals surface area contributed by atoms with E-state index in [4.69, 9.17) is 4.74 Å². The van der Waals surface area contributed by atoms with Gasteiger partial charge < -0.3 is 9.84 Å². The van der Waals surface area contributed by atoms with Gasteiger partial charge in [-0.2, -0.15) is 10.4 Å². The Balaban J connectivity index is 2.18. The van der Waals surface area contributed by atoms with Crippen LogP contribution >= 0.6 is 0 Å². The molecule has 2 rings (SSSR count). The lowest BCUT2D eigenvalue weighted by molar-refractivity contribution is 0.0428. The average Bonchev–Trinajstić information content (AvgIpc) is 2.86. The zero-order valence-electron chi connectivity index (χ0n) is 21.2. The summed E-state index contributed by atoms with van der Waals surface area (Å²) in [4.78, 5) is 25.0. The van der Waals surface area contributed by atoms with Gasteiger partial charge in [0.1, 0.15) is 11.6 Å². The fourth-order valence-electron chi connectivity index (χ4n) is 3.73. The van der Waals surface area contributed by atoms with Gasteiger partial charge in [-0.25, -0.2) is 4.79 Å². The second-order valence-electron chi connectivity index (χ2n) is 8.71. The van der Waals surface area contributed by atoms with Crippen molar-refractivity contribution in [2.45, 2.75) is 79.2 Å². The van der Waals surface area contributed by atoms with Gasteiger partial charge in [0, 0.05) is 12.1 Å². The number of nitriles is 1. The molecule has 35 heavy (non-hydrogen) atoms. The van der Waals surface area contributed by atoms with Crippen molar-refractivity contribution in [1.82, 2.24) is 4.57 Å². The zero-order chi connectivity index (χ0) is 25.8. The Morgan fingerprint density at radius 1 is 1.11 bits per heavy atom. The first-order valence-electron chi connectivity index (χ1n) is 12.4. The molecule has 1 atom stereocenters. The zero-order valence-corrected chi connectivity index (χ0v) is 21.2. The number of hydrogen-bond acceptors (Lipinski definition) is 7. The number of carbonyl (C=O) groups excluding carboxylic acids is 1. The molecule has 1 aromatic heterocycles. The molecule has 0 aliphatic heterocycles. The monoisotopic (exact) mass is 480 g/mol. The van der Waals surface area contributed by atoms with E-state index in [1.807, 2.05) is 13.0 Å². The molecule has 8 heteroatoms. The number of azo groups is 1. The second kappa shape index (κ2) is 14.1. The van der Waals surface area contributed by atoms with E-state index in [9.17, 15) is 20.0 Å². The summed E-state index contributed by atoms with van der Waals surface area (Å²) < 4.78 is 6.66. The quantitative estimate of drug-likeness (QED) is 0.194. The lowest BCUT2D eigenvalue weighted by atomic mass is 10.0. The molecule has 0 fully saturated rings. The maximum absolute atomic E-state index is 12.6. The van der Waals surface area contributed by atoms with Crippen molar-refractivity contribution >= 4 is 17.3 Å². The van der Waals surface area contributed by atoms with Gasteiger partial charge in [-0.05, 0) is 49.9 Å². The summed E-state index contributed by atoms with van der Waals surface area (Å²) >= 11 is 0. The van der Waals surface area contributed by atoms with Gasteiger partial charge in [-0.3, -0.25) is 9.36 Å². The number of rotatable bonds is 13. The van der Waals surface area contributed by atoms with Crippen LogP contribution < -0.4 is 5.56 Å². The summed E-state index contributed by atoms with van der Waals surface area (Å²) in [5.74, 6) is -0.318. The molecule has 1 N–H and O–H groups in total. The molecular formula is C27H36N4O4. The highest BCUT2D eigenvalue weighted by molar-refractivity contribution is 5.89. The Hall–Kier alpha value is -3.47. The second-order valence-corrected chi connectivity index (χ2v) is 8.71. The van der Waals surface area contributed by atoms with Crippen molar-refractivity contribution in [2.24, 2.45) is 16.1 Å². The van der Waals surface area contributed by atoms with Crippen LogP contribution in [0.5, 0.6) is 5.88 Å². The van der Waals surface area contributed by atoms with Crippen LogP contribution in [0, 0.1) is 24.2 Å². The highest BCUT2D eigenvalue weighted by Gasteiger charge is 2.19. The third-order valence-electron chi connectivity index (χ3n) is 6.12. The van der Waals surface area contributed by atoms with Crippen molar-refractivity contribution in [3.05, 3.63) is 51.3 Å². The Morgan fingerprint density at radius 2 is 1.80 bits per heavy atom. The minimum atomic E-state index is -0.527. The predicted molar refractivity (Wildman–Crippen MR) is 136 cm³/mol. The van der Waals surface area contributed by atoms with E-state index in [1.165, 1.54) is 4.57 Å². The predicted octanol–water partition coefficient (Wildman–Crippen LogP) is 6.71. The number of benzene rings is 1. The van der Waals surface area contributed by atoms with Crippen LogP contribution in [0.4, 0.5) is 11.4 Å². The molecule has 0 radical (unpaired) electrons. The largest absolute Gasteiger partial charge is 0.493 e. The smallest absolute Gasteiger partial charge is 0.338 e. The number of ether oxygens (including phenoxy) is 1. The Kier molecular flexibility index (Phi) is 11.1. The Bertz CT molecular complexity index is 1110. The lowest BCUT2D eigenvalue weighted by Gasteiger charge is -2.14. The average molecular weight is 481 g/mol. The van der Waals surface area contributed by atoms with Crippen molar-refractivity contribution in [3.63, 3.8) is 0 Å².